The minimum Gasteiger partial charge on any atom is -0.480 e. The zero-order valence-corrected chi connectivity index (χ0v) is 26.4. The fourth-order valence-electron chi connectivity index (χ4n) is 4.66. The number of nitrogen functional groups attached to an aromatic ring is 1. The van der Waals surface area contributed by atoms with Crippen LogP contribution in [0.4, 0.5) is 5.69 Å². The van der Waals surface area contributed by atoms with Crippen molar-refractivity contribution in [1.82, 2.24) is 5.32 Å². The summed E-state index contributed by atoms with van der Waals surface area (Å²) in [5.74, 6) is -0.951. The molecule has 44 heavy (non-hydrogen) atoms. The Labute approximate surface area is 264 Å². The van der Waals surface area contributed by atoms with E-state index >= 15 is 0 Å². The van der Waals surface area contributed by atoms with E-state index in [1.165, 1.54) is 31.2 Å². The van der Waals surface area contributed by atoms with Crippen molar-refractivity contribution in [3.8, 4) is 5.75 Å². The average Bonchev–Trinajstić information content (AvgIpc) is 2.98. The maximum atomic E-state index is 12.6. The number of anilines is 1. The number of aliphatic carboxylic acids is 1. The van der Waals surface area contributed by atoms with Gasteiger partial charge in [-0.05, 0) is 106 Å². The molecule has 0 radical (unpaired) electrons. The molecule has 3 aromatic rings. The third-order valence-electron chi connectivity index (χ3n) is 7.36. The summed E-state index contributed by atoms with van der Waals surface area (Å²) >= 11 is 0. The Bertz CT molecular complexity index is 1490. The quantitative estimate of drug-likeness (QED) is 0.140. The predicted molar refractivity (Wildman–Crippen MR) is 171 cm³/mol. The summed E-state index contributed by atoms with van der Waals surface area (Å²) in [4.78, 5) is 35.1. The van der Waals surface area contributed by atoms with Crippen LogP contribution < -0.4 is 21.0 Å². The Kier molecular flexibility index (Phi) is 13.8. The summed E-state index contributed by atoms with van der Waals surface area (Å²) in [5, 5.41) is 12.2. The van der Waals surface area contributed by atoms with Gasteiger partial charge in [0, 0.05) is 23.6 Å². The normalized spacial score (nSPS) is 16.7. The fourth-order valence-corrected chi connectivity index (χ4v) is 5.59. The fraction of sp³-hybridized carbons (Fsp3) is 0.344. The van der Waals surface area contributed by atoms with Gasteiger partial charge in [-0.3, -0.25) is 9.59 Å². The van der Waals surface area contributed by atoms with E-state index in [0.29, 0.717) is 42.1 Å². The summed E-state index contributed by atoms with van der Waals surface area (Å²) in [6.45, 7) is 4.00. The molecular weight excluding hydrogens is 606 g/mol. The number of aryl methyl sites for hydroxylation is 1. The van der Waals surface area contributed by atoms with Crippen molar-refractivity contribution in [1.29, 1.82) is 0 Å². The number of nitrogens with one attached hydrogen (secondary N) is 1. The van der Waals surface area contributed by atoms with Crippen LogP contribution in [0.25, 0.3) is 0 Å². The molecule has 10 nitrogen and oxygen atoms in total. The van der Waals surface area contributed by atoms with Crippen LogP contribution in [0.1, 0.15) is 54.1 Å². The van der Waals surface area contributed by atoms with Crippen LogP contribution >= 0.6 is 12.4 Å². The molecule has 0 heterocycles. The summed E-state index contributed by atoms with van der Waals surface area (Å²) in [5.41, 5.74) is 14.1. The number of carboxylic acids is 1. The number of carbonyl (C=O) groups excluding carboxylic acids is 2. The van der Waals surface area contributed by atoms with Crippen LogP contribution in [0.15, 0.2) is 77.7 Å². The second-order valence-corrected chi connectivity index (χ2v) is 12.3. The van der Waals surface area contributed by atoms with Gasteiger partial charge < -0.3 is 26.1 Å². The van der Waals surface area contributed by atoms with Crippen LogP contribution in [-0.2, 0) is 26.1 Å². The van der Waals surface area contributed by atoms with Gasteiger partial charge in [-0.2, -0.15) is 8.42 Å². The van der Waals surface area contributed by atoms with Gasteiger partial charge in [0.2, 0.25) is 5.91 Å². The van der Waals surface area contributed by atoms with Crippen LogP contribution in [0.2, 0.25) is 0 Å². The maximum absolute atomic E-state index is 12.6. The number of carboxylic acid groups (broad SMARTS) is 1. The molecule has 0 saturated heterocycles. The van der Waals surface area contributed by atoms with Gasteiger partial charge in [-0.15, -0.1) is 12.4 Å². The first kappa shape index (κ1) is 36.3. The Morgan fingerprint density at radius 3 is 2.00 bits per heavy atom. The number of nitrogens with two attached hydrogens (primary N) is 2. The highest BCUT2D eigenvalue weighted by molar-refractivity contribution is 7.87. The topological polar surface area (TPSA) is 179 Å². The van der Waals surface area contributed by atoms with Gasteiger partial charge >= 0.3 is 16.1 Å². The molecule has 0 spiro atoms. The van der Waals surface area contributed by atoms with Crippen molar-refractivity contribution in [3.05, 3.63) is 89.5 Å². The number of rotatable bonds is 10. The predicted octanol–water partition coefficient (Wildman–Crippen LogP) is 4.53. The Hall–Kier alpha value is -3.93. The molecule has 1 amide bonds. The number of benzene rings is 3. The number of Topliss-reactive ketones (excluding diaryl/α,β-unsaturated/α-hetero) is 1. The first-order chi connectivity index (χ1) is 20.4. The third kappa shape index (κ3) is 11.0. The zero-order chi connectivity index (χ0) is 31.6. The molecule has 0 bridgehead atoms. The summed E-state index contributed by atoms with van der Waals surface area (Å²) in [6.07, 6.45) is 3.24. The third-order valence-corrected chi connectivity index (χ3v) is 8.62. The minimum absolute atomic E-state index is 0. The van der Waals surface area contributed by atoms with Crippen LogP contribution in [-0.4, -0.2) is 43.8 Å². The standard InChI is InChI=1S/C24H30N2O6S.C8H9NO.ClH/c1-16-2-12-21(13-3-16)33(30,31)32-20-10-6-17(7-11-20)14-22(24(28)29)26-23(27)19-8-4-18(15-25)5-9-19;1-6(10)7-2-4-8(9)5-3-7;/h2-3,6-7,10-13,18-19,22H,4-5,8-9,14-15,25H2,1H3,(H,26,27)(H,28,29);2-5H,9H2,1H3;1H/t18-,19-,22-;;/m0../s1. The molecule has 4 rings (SSSR count). The van der Waals surface area contributed by atoms with E-state index in [4.69, 9.17) is 15.7 Å². The van der Waals surface area contributed by atoms with Crippen molar-refractivity contribution in [2.45, 2.75) is 56.9 Å². The first-order valence-corrected chi connectivity index (χ1v) is 15.5. The molecule has 1 fully saturated rings. The Balaban J connectivity index is 0.000000521. The summed E-state index contributed by atoms with van der Waals surface area (Å²) in [7, 11) is -3.97. The number of amides is 1. The van der Waals surface area contributed by atoms with Crippen LogP contribution in [0.3, 0.4) is 0 Å². The molecular formula is C32H40ClN3O7S. The molecule has 1 saturated carbocycles. The van der Waals surface area contributed by atoms with E-state index in [1.54, 1.807) is 48.5 Å². The lowest BCUT2D eigenvalue weighted by Crippen LogP contribution is -2.45. The lowest BCUT2D eigenvalue weighted by Gasteiger charge is -2.27. The monoisotopic (exact) mass is 645 g/mol. The van der Waals surface area contributed by atoms with Crippen molar-refractivity contribution >= 4 is 45.9 Å². The SMILES string of the molecule is CC(=O)c1ccc(N)cc1.Cc1ccc(S(=O)(=O)Oc2ccc(C[C@H](NC(=O)[C@H]3CC[C@H](CN)CC3)C(=O)O)cc2)cc1.Cl. The van der Waals surface area contributed by atoms with E-state index < -0.39 is 22.1 Å². The second kappa shape index (κ2) is 16.8. The van der Waals surface area contributed by atoms with Gasteiger partial charge in [-0.1, -0.05) is 29.8 Å². The lowest BCUT2D eigenvalue weighted by molar-refractivity contribution is -0.142. The summed E-state index contributed by atoms with van der Waals surface area (Å²) in [6, 6.07) is 18.2. The first-order valence-electron chi connectivity index (χ1n) is 14.1. The van der Waals surface area contributed by atoms with Crippen molar-refractivity contribution in [2.24, 2.45) is 17.6 Å². The van der Waals surface area contributed by atoms with E-state index in [-0.39, 0.29) is 47.1 Å². The van der Waals surface area contributed by atoms with E-state index in [1.807, 2.05) is 6.92 Å². The zero-order valence-electron chi connectivity index (χ0n) is 24.8. The van der Waals surface area contributed by atoms with E-state index in [2.05, 4.69) is 5.32 Å². The smallest absolute Gasteiger partial charge is 0.339 e. The molecule has 238 valence electrons. The lowest BCUT2D eigenvalue weighted by atomic mass is 9.81. The van der Waals surface area contributed by atoms with Crippen molar-refractivity contribution < 1.29 is 32.1 Å². The molecule has 3 aromatic carbocycles. The van der Waals surface area contributed by atoms with Crippen LogP contribution in [0, 0.1) is 18.8 Å². The van der Waals surface area contributed by atoms with Crippen LogP contribution in [0.5, 0.6) is 5.75 Å². The number of hydrogen-bond donors (Lipinski definition) is 4. The summed E-state index contributed by atoms with van der Waals surface area (Å²) < 4.78 is 30.0. The average molecular weight is 646 g/mol. The Morgan fingerprint density at radius 1 is 0.932 bits per heavy atom. The van der Waals surface area contributed by atoms with Gasteiger partial charge in [0.05, 0.1) is 0 Å². The largest absolute Gasteiger partial charge is 0.480 e. The van der Waals surface area contributed by atoms with E-state index in [0.717, 1.165) is 18.4 Å². The number of ketones is 1. The highest BCUT2D eigenvalue weighted by Crippen LogP contribution is 2.28. The van der Waals surface area contributed by atoms with Crippen molar-refractivity contribution in [2.75, 3.05) is 12.3 Å². The Morgan fingerprint density at radius 2 is 1.50 bits per heavy atom. The number of hydrogen-bond acceptors (Lipinski definition) is 8. The van der Waals surface area contributed by atoms with Gasteiger partial charge in [0.1, 0.15) is 16.7 Å². The molecule has 6 N–H and O–H groups in total. The van der Waals surface area contributed by atoms with Gasteiger partial charge in [-0.25, -0.2) is 4.79 Å². The molecule has 1 aliphatic rings. The number of carbonyl (C=O) groups is 3. The van der Waals surface area contributed by atoms with E-state index in [9.17, 15) is 27.9 Å². The highest BCUT2D eigenvalue weighted by Gasteiger charge is 2.29. The van der Waals surface area contributed by atoms with Gasteiger partial charge in [0.25, 0.3) is 0 Å². The maximum Gasteiger partial charge on any atom is 0.339 e. The molecule has 1 aliphatic carbocycles. The molecule has 0 unspecified atom stereocenters. The second-order valence-electron chi connectivity index (χ2n) is 10.7. The molecule has 0 aliphatic heterocycles. The molecule has 0 aromatic heterocycles. The van der Waals surface area contributed by atoms with Gasteiger partial charge in [0.15, 0.2) is 5.78 Å². The minimum atomic E-state index is -3.97. The molecule has 1 atom stereocenters. The van der Waals surface area contributed by atoms with Crippen molar-refractivity contribution in [3.63, 3.8) is 0 Å². The number of halogens is 1. The highest BCUT2D eigenvalue weighted by atomic mass is 35.5. The molecule has 12 heteroatoms.